The molecular weight excluding hydrogens is 330 g/mol. The summed E-state index contributed by atoms with van der Waals surface area (Å²) in [6.45, 7) is 12.3. The summed E-state index contributed by atoms with van der Waals surface area (Å²) in [6.07, 6.45) is 1.97. The fourth-order valence-electron chi connectivity index (χ4n) is 2.06. The first-order valence-electron chi connectivity index (χ1n) is 9.45. The molecule has 0 radical (unpaired) electrons. The molecule has 0 fully saturated rings. The van der Waals surface area contributed by atoms with Crippen LogP contribution in [-0.2, 0) is 20.9 Å². The van der Waals surface area contributed by atoms with Crippen molar-refractivity contribution in [1.29, 1.82) is 0 Å². The molecule has 5 nitrogen and oxygen atoms in total. The van der Waals surface area contributed by atoms with Gasteiger partial charge in [-0.3, -0.25) is 4.79 Å². The molecule has 148 valence electrons. The van der Waals surface area contributed by atoms with E-state index in [1.54, 1.807) is 0 Å². The van der Waals surface area contributed by atoms with Gasteiger partial charge in [0.15, 0.2) is 0 Å². The van der Waals surface area contributed by atoms with E-state index < -0.39 is 11.7 Å². The van der Waals surface area contributed by atoms with Crippen molar-refractivity contribution in [2.45, 2.75) is 73.0 Å². The molecule has 0 saturated carbocycles. The molecule has 1 N–H and O–H groups in total. The zero-order valence-electron chi connectivity index (χ0n) is 17.1. The third-order valence-electron chi connectivity index (χ3n) is 3.36. The number of esters is 1. The fourth-order valence-corrected chi connectivity index (χ4v) is 2.06. The lowest BCUT2D eigenvalue weighted by Crippen LogP contribution is -2.28. The molecule has 1 amide bonds. The maximum absolute atomic E-state index is 11.8. The van der Waals surface area contributed by atoms with Crippen molar-refractivity contribution in [1.82, 2.24) is 5.32 Å². The van der Waals surface area contributed by atoms with Gasteiger partial charge in [0.1, 0.15) is 12.2 Å². The summed E-state index contributed by atoms with van der Waals surface area (Å²) in [5.74, 6) is -0.299. The van der Waals surface area contributed by atoms with Gasteiger partial charge in [0.2, 0.25) is 0 Å². The molecule has 5 heteroatoms. The van der Waals surface area contributed by atoms with Gasteiger partial charge in [-0.05, 0) is 39.2 Å². The number of hydrogen-bond donors (Lipinski definition) is 1. The summed E-state index contributed by atoms with van der Waals surface area (Å²) >= 11 is 0. The first-order valence-corrected chi connectivity index (χ1v) is 9.45. The number of ether oxygens (including phenoxy) is 2. The summed E-state index contributed by atoms with van der Waals surface area (Å²) in [7, 11) is 0. The first-order chi connectivity index (χ1) is 12.3. The molecule has 0 spiro atoms. The Morgan fingerprint density at radius 3 is 2.27 bits per heavy atom. The summed E-state index contributed by atoms with van der Waals surface area (Å²) in [6, 6.07) is 9.55. The lowest BCUT2D eigenvalue weighted by atomic mass is 10.0. The van der Waals surface area contributed by atoms with E-state index in [1.807, 2.05) is 71.9 Å². The number of hydrogen-bond acceptors (Lipinski definition) is 4. The van der Waals surface area contributed by atoms with Gasteiger partial charge in [0.25, 0.3) is 0 Å². The Labute approximate surface area is 158 Å². The van der Waals surface area contributed by atoms with Gasteiger partial charge < -0.3 is 14.8 Å². The summed E-state index contributed by atoms with van der Waals surface area (Å²) in [5.41, 5.74) is 0.508. The van der Waals surface area contributed by atoms with E-state index in [0.717, 1.165) is 24.8 Å². The van der Waals surface area contributed by atoms with Crippen LogP contribution in [0.2, 0.25) is 0 Å². The van der Waals surface area contributed by atoms with E-state index in [2.05, 4.69) is 5.32 Å². The summed E-state index contributed by atoms with van der Waals surface area (Å²) in [5, 5.41) is 2.72. The highest BCUT2D eigenvalue weighted by Crippen LogP contribution is 2.15. The van der Waals surface area contributed by atoms with E-state index in [4.69, 9.17) is 9.47 Å². The first kappa shape index (κ1) is 24.0. The number of nitrogens with one attached hydrogen (secondary N) is 1. The van der Waals surface area contributed by atoms with Gasteiger partial charge in [0, 0.05) is 6.54 Å². The highest BCUT2D eigenvalue weighted by molar-refractivity contribution is 5.72. The minimum atomic E-state index is -0.449. The average molecular weight is 366 g/mol. The zero-order chi connectivity index (χ0) is 20.0. The Balaban J connectivity index is 0.00000301. The molecular formula is C21H35NO4. The molecule has 1 aromatic carbocycles. The van der Waals surface area contributed by atoms with Gasteiger partial charge in [-0.1, -0.05) is 57.5 Å². The number of amides is 1. The number of unbranched alkanes of at least 4 members (excludes halogenated alkanes) is 1. The van der Waals surface area contributed by atoms with Crippen molar-refractivity contribution in [3.05, 3.63) is 35.9 Å². The standard InChI is InChI=1S/C19H29NO4.C2H6/c1-15(17(21)24-19(2,3)4)10-8-9-13-20-18(22)23-14-16-11-6-5-7-12-16;1-2/h5-7,11-12,15H,8-10,13-14H2,1-4H3,(H,20,22);1-2H3. The molecule has 0 aliphatic rings. The van der Waals surface area contributed by atoms with E-state index in [-0.39, 0.29) is 18.5 Å². The lowest BCUT2D eigenvalue weighted by molar-refractivity contribution is -0.159. The maximum atomic E-state index is 11.8. The van der Waals surface area contributed by atoms with E-state index >= 15 is 0 Å². The predicted octanol–water partition coefficient (Wildman–Crippen LogP) is 5.09. The monoisotopic (exact) mass is 365 g/mol. The van der Waals surface area contributed by atoms with Crippen molar-refractivity contribution >= 4 is 12.1 Å². The molecule has 1 rings (SSSR count). The van der Waals surface area contributed by atoms with Gasteiger partial charge in [0.05, 0.1) is 5.92 Å². The molecule has 0 aliphatic heterocycles. The van der Waals surface area contributed by atoms with Crippen LogP contribution in [0.1, 0.15) is 66.4 Å². The number of carbonyl (C=O) groups is 2. The molecule has 0 aliphatic carbocycles. The molecule has 0 saturated heterocycles. The number of benzene rings is 1. The normalized spacial score (nSPS) is 11.6. The largest absolute Gasteiger partial charge is 0.460 e. The van der Waals surface area contributed by atoms with Crippen LogP contribution in [0.25, 0.3) is 0 Å². The van der Waals surface area contributed by atoms with Crippen LogP contribution in [0.5, 0.6) is 0 Å². The maximum Gasteiger partial charge on any atom is 0.407 e. The molecule has 0 heterocycles. The van der Waals surface area contributed by atoms with Crippen molar-refractivity contribution in [3.8, 4) is 0 Å². The van der Waals surface area contributed by atoms with E-state index in [0.29, 0.717) is 6.54 Å². The Bertz CT molecular complexity index is 508. The van der Waals surface area contributed by atoms with Crippen molar-refractivity contribution in [2.24, 2.45) is 5.92 Å². The van der Waals surface area contributed by atoms with Crippen LogP contribution in [-0.4, -0.2) is 24.2 Å². The van der Waals surface area contributed by atoms with Gasteiger partial charge in [-0.2, -0.15) is 0 Å². The number of rotatable bonds is 8. The van der Waals surface area contributed by atoms with E-state index in [1.165, 1.54) is 0 Å². The van der Waals surface area contributed by atoms with E-state index in [9.17, 15) is 9.59 Å². The van der Waals surface area contributed by atoms with Crippen molar-refractivity contribution in [3.63, 3.8) is 0 Å². The Morgan fingerprint density at radius 2 is 1.69 bits per heavy atom. The SMILES string of the molecule is CC.CC(CCCCNC(=O)OCc1ccccc1)C(=O)OC(C)(C)C. The second kappa shape index (κ2) is 13.2. The van der Waals surface area contributed by atoms with Crippen LogP contribution in [0.3, 0.4) is 0 Å². The second-order valence-electron chi connectivity index (χ2n) is 6.92. The molecule has 1 atom stereocenters. The minimum absolute atomic E-state index is 0.130. The van der Waals surface area contributed by atoms with Crippen molar-refractivity contribution in [2.75, 3.05) is 6.54 Å². The zero-order valence-corrected chi connectivity index (χ0v) is 17.1. The second-order valence-corrected chi connectivity index (χ2v) is 6.92. The van der Waals surface area contributed by atoms with Gasteiger partial charge in [-0.15, -0.1) is 0 Å². The van der Waals surface area contributed by atoms with Crippen LogP contribution in [0.15, 0.2) is 30.3 Å². The minimum Gasteiger partial charge on any atom is -0.460 e. The average Bonchev–Trinajstić information content (AvgIpc) is 2.60. The predicted molar refractivity (Wildman–Crippen MR) is 105 cm³/mol. The highest BCUT2D eigenvalue weighted by Gasteiger charge is 2.21. The molecule has 1 unspecified atom stereocenters. The lowest BCUT2D eigenvalue weighted by Gasteiger charge is -2.22. The van der Waals surface area contributed by atoms with Crippen LogP contribution >= 0.6 is 0 Å². The number of carbonyl (C=O) groups excluding carboxylic acids is 2. The quantitative estimate of drug-likeness (QED) is 0.515. The molecule has 0 bridgehead atoms. The highest BCUT2D eigenvalue weighted by atomic mass is 16.6. The molecule has 0 aromatic heterocycles. The number of alkyl carbamates (subject to hydrolysis) is 1. The van der Waals surface area contributed by atoms with Crippen LogP contribution in [0, 0.1) is 5.92 Å². The van der Waals surface area contributed by atoms with Crippen LogP contribution < -0.4 is 5.32 Å². The Hall–Kier alpha value is -2.04. The topological polar surface area (TPSA) is 64.6 Å². The fraction of sp³-hybridized carbons (Fsp3) is 0.619. The smallest absolute Gasteiger partial charge is 0.407 e. The van der Waals surface area contributed by atoms with Crippen molar-refractivity contribution < 1.29 is 19.1 Å². The van der Waals surface area contributed by atoms with Crippen LogP contribution in [0.4, 0.5) is 4.79 Å². The third-order valence-corrected chi connectivity index (χ3v) is 3.36. The summed E-state index contributed by atoms with van der Waals surface area (Å²) in [4.78, 5) is 23.4. The third kappa shape index (κ3) is 12.3. The Morgan fingerprint density at radius 1 is 1.08 bits per heavy atom. The molecule has 1 aromatic rings. The van der Waals surface area contributed by atoms with Gasteiger partial charge >= 0.3 is 12.1 Å². The summed E-state index contributed by atoms with van der Waals surface area (Å²) < 4.78 is 10.5. The Kier molecular flexibility index (Phi) is 12.2. The molecule has 26 heavy (non-hydrogen) atoms. The van der Waals surface area contributed by atoms with Gasteiger partial charge in [-0.25, -0.2) is 4.79 Å².